The van der Waals surface area contributed by atoms with Crippen molar-refractivity contribution in [3.05, 3.63) is 0 Å². The molecule has 7 heteroatoms. The number of hydrogen-bond acceptors (Lipinski definition) is 3. The van der Waals surface area contributed by atoms with E-state index < -0.39 is 23.4 Å². The molecule has 0 aromatic heterocycles. The molecule has 1 rings (SSSR count). The number of amides is 3. The van der Waals surface area contributed by atoms with Crippen molar-refractivity contribution >= 4 is 17.9 Å². The smallest absolute Gasteiger partial charge is 0.315 e. The van der Waals surface area contributed by atoms with E-state index in [1.807, 2.05) is 0 Å². The molecule has 19 heavy (non-hydrogen) atoms. The molecule has 0 aliphatic heterocycles. The molecule has 1 unspecified atom stereocenters. The Morgan fingerprint density at radius 3 is 2.37 bits per heavy atom. The second kappa shape index (κ2) is 6.40. The van der Waals surface area contributed by atoms with Crippen molar-refractivity contribution in [1.82, 2.24) is 10.6 Å². The maximum Gasteiger partial charge on any atom is 0.315 e. The number of carbonyl (C=O) groups excluding carboxylic acids is 2. The van der Waals surface area contributed by atoms with Crippen molar-refractivity contribution in [2.75, 3.05) is 0 Å². The third-order valence-electron chi connectivity index (χ3n) is 3.31. The SMILES string of the molecule is CC(CC(N)=O)NC(=O)NC1(CC(=O)O)CCCC1. The molecule has 1 aliphatic rings. The van der Waals surface area contributed by atoms with Gasteiger partial charge < -0.3 is 21.5 Å². The Morgan fingerprint density at radius 2 is 1.89 bits per heavy atom. The zero-order valence-corrected chi connectivity index (χ0v) is 11.1. The Bertz CT molecular complexity index is 364. The molecule has 0 saturated heterocycles. The molecule has 0 aromatic rings. The summed E-state index contributed by atoms with van der Waals surface area (Å²) in [5, 5.41) is 14.3. The topological polar surface area (TPSA) is 122 Å². The summed E-state index contributed by atoms with van der Waals surface area (Å²) in [6, 6.07) is -0.822. The minimum atomic E-state index is -0.924. The molecule has 5 N–H and O–H groups in total. The lowest BCUT2D eigenvalue weighted by molar-refractivity contribution is -0.138. The average Bonchev–Trinajstić information content (AvgIpc) is 2.62. The van der Waals surface area contributed by atoms with E-state index in [1.165, 1.54) is 0 Å². The van der Waals surface area contributed by atoms with E-state index in [-0.39, 0.29) is 18.9 Å². The molecule has 3 amide bonds. The van der Waals surface area contributed by atoms with Crippen molar-refractivity contribution in [1.29, 1.82) is 0 Å². The average molecular weight is 271 g/mol. The van der Waals surface area contributed by atoms with Gasteiger partial charge in [0.05, 0.1) is 12.0 Å². The summed E-state index contributed by atoms with van der Waals surface area (Å²) in [4.78, 5) is 33.4. The number of urea groups is 1. The van der Waals surface area contributed by atoms with Crippen molar-refractivity contribution in [3.8, 4) is 0 Å². The van der Waals surface area contributed by atoms with Gasteiger partial charge in [0, 0.05) is 12.5 Å². The lowest BCUT2D eigenvalue weighted by Gasteiger charge is -2.29. The van der Waals surface area contributed by atoms with Crippen LogP contribution in [-0.2, 0) is 9.59 Å². The molecule has 0 bridgehead atoms. The van der Waals surface area contributed by atoms with E-state index in [2.05, 4.69) is 10.6 Å². The summed E-state index contributed by atoms with van der Waals surface area (Å²) in [6.07, 6.45) is 3.12. The quantitative estimate of drug-likeness (QED) is 0.556. The van der Waals surface area contributed by atoms with Crippen LogP contribution in [0.2, 0.25) is 0 Å². The Balaban J connectivity index is 2.52. The van der Waals surface area contributed by atoms with Gasteiger partial charge in [0.2, 0.25) is 5.91 Å². The fraction of sp³-hybridized carbons (Fsp3) is 0.750. The fourth-order valence-corrected chi connectivity index (χ4v) is 2.54. The molecular weight excluding hydrogens is 250 g/mol. The van der Waals surface area contributed by atoms with Gasteiger partial charge >= 0.3 is 12.0 Å². The number of rotatable bonds is 6. The van der Waals surface area contributed by atoms with Crippen LogP contribution in [0.15, 0.2) is 0 Å². The maximum atomic E-state index is 11.8. The lowest BCUT2D eigenvalue weighted by atomic mass is 9.93. The number of primary amides is 1. The highest BCUT2D eigenvalue weighted by atomic mass is 16.4. The Hall–Kier alpha value is -1.79. The van der Waals surface area contributed by atoms with E-state index in [9.17, 15) is 14.4 Å². The monoisotopic (exact) mass is 271 g/mol. The molecule has 108 valence electrons. The predicted molar refractivity (Wildman–Crippen MR) is 68.4 cm³/mol. The van der Waals surface area contributed by atoms with Gasteiger partial charge in [-0.3, -0.25) is 9.59 Å². The molecule has 1 fully saturated rings. The zero-order chi connectivity index (χ0) is 14.5. The first-order valence-corrected chi connectivity index (χ1v) is 6.42. The maximum absolute atomic E-state index is 11.8. The first kappa shape index (κ1) is 15.3. The van der Waals surface area contributed by atoms with Crippen LogP contribution >= 0.6 is 0 Å². The molecule has 0 spiro atoms. The predicted octanol–water partition coefficient (Wildman–Crippen LogP) is 0.337. The van der Waals surface area contributed by atoms with Crippen LogP contribution in [0.3, 0.4) is 0 Å². The minimum Gasteiger partial charge on any atom is -0.481 e. The number of carboxylic acids is 1. The summed E-state index contributed by atoms with van der Waals surface area (Å²) in [5.74, 6) is -1.42. The molecule has 1 aliphatic carbocycles. The van der Waals surface area contributed by atoms with E-state index in [0.29, 0.717) is 12.8 Å². The standard InChI is InChI=1S/C12H21N3O4/c1-8(6-9(13)16)14-11(19)15-12(7-10(17)18)4-2-3-5-12/h8H,2-7H2,1H3,(H2,13,16)(H,17,18)(H2,14,15,19). The zero-order valence-electron chi connectivity index (χ0n) is 11.1. The number of nitrogens with two attached hydrogens (primary N) is 1. The number of hydrogen-bond donors (Lipinski definition) is 4. The largest absolute Gasteiger partial charge is 0.481 e. The number of nitrogens with one attached hydrogen (secondary N) is 2. The highest BCUT2D eigenvalue weighted by Crippen LogP contribution is 2.32. The van der Waals surface area contributed by atoms with Crippen molar-refractivity contribution in [2.24, 2.45) is 5.73 Å². The van der Waals surface area contributed by atoms with Crippen LogP contribution in [0.4, 0.5) is 4.79 Å². The molecule has 0 heterocycles. The van der Waals surface area contributed by atoms with Gasteiger partial charge in [-0.25, -0.2) is 4.79 Å². The van der Waals surface area contributed by atoms with Crippen molar-refractivity contribution in [3.63, 3.8) is 0 Å². The normalized spacial score (nSPS) is 18.6. The first-order chi connectivity index (χ1) is 8.83. The fourth-order valence-electron chi connectivity index (χ4n) is 2.54. The summed E-state index contributed by atoms with van der Waals surface area (Å²) in [6.45, 7) is 1.67. The van der Waals surface area contributed by atoms with Crippen molar-refractivity contribution < 1.29 is 19.5 Å². The minimum absolute atomic E-state index is 0.0549. The van der Waals surface area contributed by atoms with Crippen LogP contribution < -0.4 is 16.4 Å². The number of carboxylic acid groups (broad SMARTS) is 1. The summed E-state index contributed by atoms with van der Waals surface area (Å²) in [7, 11) is 0. The highest BCUT2D eigenvalue weighted by molar-refractivity contribution is 5.79. The van der Waals surface area contributed by atoms with Gasteiger partial charge in [-0.05, 0) is 19.8 Å². The lowest BCUT2D eigenvalue weighted by Crippen LogP contribution is -2.53. The highest BCUT2D eigenvalue weighted by Gasteiger charge is 2.37. The second-order valence-electron chi connectivity index (χ2n) is 5.23. The van der Waals surface area contributed by atoms with Gasteiger partial charge in [0.15, 0.2) is 0 Å². The Labute approximate surface area is 111 Å². The molecule has 1 saturated carbocycles. The third kappa shape index (κ3) is 5.15. The van der Waals surface area contributed by atoms with Gasteiger partial charge in [0.1, 0.15) is 0 Å². The second-order valence-corrected chi connectivity index (χ2v) is 5.23. The third-order valence-corrected chi connectivity index (χ3v) is 3.31. The van der Waals surface area contributed by atoms with Crippen LogP contribution in [0.1, 0.15) is 45.4 Å². The van der Waals surface area contributed by atoms with E-state index in [1.54, 1.807) is 6.92 Å². The Morgan fingerprint density at radius 1 is 1.32 bits per heavy atom. The first-order valence-electron chi connectivity index (χ1n) is 6.42. The van der Waals surface area contributed by atoms with Gasteiger partial charge in [-0.15, -0.1) is 0 Å². The molecule has 0 radical (unpaired) electrons. The summed E-state index contributed by atoms with van der Waals surface area (Å²) < 4.78 is 0. The van der Waals surface area contributed by atoms with Crippen LogP contribution in [-0.4, -0.2) is 34.6 Å². The van der Waals surface area contributed by atoms with Crippen LogP contribution in [0.25, 0.3) is 0 Å². The summed E-state index contributed by atoms with van der Waals surface area (Å²) in [5.41, 5.74) is 4.37. The van der Waals surface area contributed by atoms with E-state index >= 15 is 0 Å². The van der Waals surface area contributed by atoms with Crippen LogP contribution in [0, 0.1) is 0 Å². The van der Waals surface area contributed by atoms with E-state index in [4.69, 9.17) is 10.8 Å². The van der Waals surface area contributed by atoms with E-state index in [0.717, 1.165) is 12.8 Å². The van der Waals surface area contributed by atoms with Crippen LogP contribution in [0.5, 0.6) is 0 Å². The molecular formula is C12H21N3O4. The number of carbonyl (C=O) groups is 3. The summed E-state index contributed by atoms with van der Waals surface area (Å²) >= 11 is 0. The molecule has 1 atom stereocenters. The number of aliphatic carboxylic acids is 1. The van der Waals surface area contributed by atoms with Gasteiger partial charge in [-0.2, -0.15) is 0 Å². The van der Waals surface area contributed by atoms with Crippen molar-refractivity contribution in [2.45, 2.75) is 57.0 Å². The Kier molecular flexibility index (Phi) is 5.14. The van der Waals surface area contributed by atoms with Gasteiger partial charge in [-0.1, -0.05) is 12.8 Å². The molecule has 0 aromatic carbocycles. The van der Waals surface area contributed by atoms with Gasteiger partial charge in [0.25, 0.3) is 0 Å². The molecule has 7 nitrogen and oxygen atoms in total.